The number of benzene rings is 2. The van der Waals surface area contributed by atoms with Crippen molar-refractivity contribution in [3.05, 3.63) is 95.7 Å². The second-order valence-corrected chi connectivity index (χ2v) is 9.37. The molecule has 3 heterocycles. The molecule has 1 atom stereocenters. The normalized spacial score (nSPS) is 17.1. The minimum Gasteiger partial charge on any atom is -0.337 e. The first-order valence-corrected chi connectivity index (χ1v) is 11.9. The van der Waals surface area contributed by atoms with Gasteiger partial charge in [0.25, 0.3) is 5.91 Å². The molecule has 5 rings (SSSR count). The predicted molar refractivity (Wildman–Crippen MR) is 135 cm³/mol. The highest BCUT2D eigenvalue weighted by molar-refractivity contribution is 5.95. The van der Waals surface area contributed by atoms with Crippen molar-refractivity contribution >= 4 is 16.8 Å². The predicted octanol–water partition coefficient (Wildman–Crippen LogP) is 4.03. The molecule has 6 heteroatoms. The van der Waals surface area contributed by atoms with Crippen molar-refractivity contribution in [1.82, 2.24) is 24.3 Å². The van der Waals surface area contributed by atoms with Crippen molar-refractivity contribution in [3.63, 3.8) is 0 Å². The molecular weight excluding hydrogens is 422 g/mol. The number of rotatable bonds is 5. The number of nitrogens with zero attached hydrogens (tertiary/aromatic N) is 5. The number of carbonyl (C=O) groups is 1. The summed E-state index contributed by atoms with van der Waals surface area (Å²) >= 11 is 0. The van der Waals surface area contributed by atoms with E-state index in [1.54, 1.807) is 6.20 Å². The number of likely N-dealkylation sites (N-methyl/N-ethyl adjacent to an activating group) is 1. The van der Waals surface area contributed by atoms with Crippen LogP contribution in [0.1, 0.15) is 27.3 Å². The van der Waals surface area contributed by atoms with E-state index < -0.39 is 0 Å². The minimum absolute atomic E-state index is 0.122. The van der Waals surface area contributed by atoms with Crippen LogP contribution in [0.15, 0.2) is 73.2 Å². The molecule has 0 radical (unpaired) electrons. The first-order chi connectivity index (χ1) is 16.6. The average Bonchev–Trinajstić information content (AvgIpc) is 3.15. The van der Waals surface area contributed by atoms with Crippen molar-refractivity contribution in [2.24, 2.45) is 5.92 Å². The highest BCUT2D eigenvalue weighted by Gasteiger charge is 2.26. The van der Waals surface area contributed by atoms with Crippen LogP contribution in [0, 0.1) is 12.8 Å². The number of imidazole rings is 1. The number of amides is 1. The minimum atomic E-state index is 0.122. The van der Waals surface area contributed by atoms with Gasteiger partial charge in [-0.3, -0.25) is 9.78 Å². The Labute approximate surface area is 200 Å². The summed E-state index contributed by atoms with van der Waals surface area (Å²) in [5, 5.41) is 1.17. The first kappa shape index (κ1) is 22.3. The van der Waals surface area contributed by atoms with Crippen LogP contribution in [0.4, 0.5) is 0 Å². The Morgan fingerprint density at radius 3 is 2.74 bits per heavy atom. The SMILES string of the molecule is Cc1nccn1Cc1ccccc1C(=O)N1CCN(C)CC(Cc2ccc3ncccc3c2)C1. The van der Waals surface area contributed by atoms with Gasteiger partial charge in [0, 0.05) is 62.3 Å². The number of aryl methyl sites for hydroxylation is 1. The first-order valence-electron chi connectivity index (χ1n) is 11.9. The maximum absolute atomic E-state index is 13.7. The van der Waals surface area contributed by atoms with Crippen molar-refractivity contribution in [2.45, 2.75) is 19.9 Å². The third kappa shape index (κ3) is 4.87. The Balaban J connectivity index is 1.36. The molecule has 1 amide bonds. The van der Waals surface area contributed by atoms with E-state index in [4.69, 9.17) is 0 Å². The number of aromatic nitrogens is 3. The van der Waals surface area contributed by atoms with Gasteiger partial charge in [-0.05, 0) is 61.7 Å². The van der Waals surface area contributed by atoms with Gasteiger partial charge in [-0.15, -0.1) is 0 Å². The van der Waals surface area contributed by atoms with Gasteiger partial charge in [-0.25, -0.2) is 4.98 Å². The fourth-order valence-electron chi connectivity index (χ4n) is 4.97. The Morgan fingerprint density at radius 1 is 1.00 bits per heavy atom. The topological polar surface area (TPSA) is 54.3 Å². The maximum atomic E-state index is 13.7. The summed E-state index contributed by atoms with van der Waals surface area (Å²) < 4.78 is 2.08. The van der Waals surface area contributed by atoms with Crippen LogP contribution in [0.2, 0.25) is 0 Å². The van der Waals surface area contributed by atoms with Crippen molar-refractivity contribution in [1.29, 1.82) is 0 Å². The summed E-state index contributed by atoms with van der Waals surface area (Å²) in [5.74, 6) is 1.44. The number of fused-ring (bicyclic) bond motifs is 1. The smallest absolute Gasteiger partial charge is 0.254 e. The third-order valence-corrected chi connectivity index (χ3v) is 6.79. The Kier molecular flexibility index (Phi) is 6.41. The standard InChI is InChI=1S/C28H31N5O/c1-21-29-12-13-32(21)20-25-6-3-4-8-26(25)28(34)33-15-14-31(2)18-23(19-33)16-22-9-10-27-24(17-22)7-5-11-30-27/h3-13,17,23H,14-16,18-20H2,1-2H3. The molecule has 0 aliphatic carbocycles. The van der Waals surface area contributed by atoms with E-state index in [1.165, 1.54) is 10.9 Å². The average molecular weight is 454 g/mol. The van der Waals surface area contributed by atoms with Gasteiger partial charge in [-0.2, -0.15) is 0 Å². The molecule has 1 saturated heterocycles. The molecule has 0 saturated carbocycles. The van der Waals surface area contributed by atoms with Crippen LogP contribution < -0.4 is 0 Å². The van der Waals surface area contributed by atoms with Crippen LogP contribution in [-0.4, -0.2) is 63.5 Å². The number of carbonyl (C=O) groups excluding carboxylic acids is 1. The van der Waals surface area contributed by atoms with Crippen LogP contribution in [0.25, 0.3) is 10.9 Å². The zero-order chi connectivity index (χ0) is 23.5. The molecule has 2 aromatic carbocycles. The molecule has 174 valence electrons. The third-order valence-electron chi connectivity index (χ3n) is 6.79. The van der Waals surface area contributed by atoms with Gasteiger partial charge < -0.3 is 14.4 Å². The summed E-state index contributed by atoms with van der Waals surface area (Å²) in [5.41, 5.74) is 4.13. The lowest BCUT2D eigenvalue weighted by Crippen LogP contribution is -2.37. The van der Waals surface area contributed by atoms with Crippen LogP contribution in [0.3, 0.4) is 0 Å². The van der Waals surface area contributed by atoms with Gasteiger partial charge in [0.2, 0.25) is 0 Å². The fraction of sp³-hybridized carbons (Fsp3) is 0.321. The number of hydrogen-bond donors (Lipinski definition) is 0. The van der Waals surface area contributed by atoms with Crippen LogP contribution in [0.5, 0.6) is 0 Å². The molecule has 4 aromatic rings. The highest BCUT2D eigenvalue weighted by atomic mass is 16.2. The molecule has 1 unspecified atom stereocenters. The lowest BCUT2D eigenvalue weighted by atomic mass is 9.97. The van der Waals surface area contributed by atoms with Crippen molar-refractivity contribution in [3.8, 4) is 0 Å². The number of hydrogen-bond acceptors (Lipinski definition) is 4. The molecule has 1 fully saturated rings. The van der Waals surface area contributed by atoms with Crippen LogP contribution >= 0.6 is 0 Å². The maximum Gasteiger partial charge on any atom is 0.254 e. The van der Waals surface area contributed by atoms with Gasteiger partial charge >= 0.3 is 0 Å². The Morgan fingerprint density at radius 2 is 1.88 bits per heavy atom. The summed E-state index contributed by atoms with van der Waals surface area (Å²) in [7, 11) is 2.15. The van der Waals surface area contributed by atoms with E-state index in [9.17, 15) is 4.79 Å². The van der Waals surface area contributed by atoms with E-state index in [2.05, 4.69) is 61.7 Å². The highest BCUT2D eigenvalue weighted by Crippen LogP contribution is 2.21. The second-order valence-electron chi connectivity index (χ2n) is 9.37. The second kappa shape index (κ2) is 9.77. The van der Waals surface area contributed by atoms with E-state index in [-0.39, 0.29) is 5.91 Å². The van der Waals surface area contributed by atoms with E-state index >= 15 is 0 Å². The molecule has 34 heavy (non-hydrogen) atoms. The van der Waals surface area contributed by atoms with Gasteiger partial charge in [0.05, 0.1) is 5.52 Å². The number of pyridine rings is 1. The Bertz CT molecular complexity index is 1300. The summed E-state index contributed by atoms with van der Waals surface area (Å²) in [6.07, 6.45) is 6.54. The lowest BCUT2D eigenvalue weighted by Gasteiger charge is -2.25. The van der Waals surface area contributed by atoms with Gasteiger partial charge in [0.1, 0.15) is 5.82 Å². The Hall–Kier alpha value is -3.51. The van der Waals surface area contributed by atoms with E-state index in [1.807, 2.05) is 43.6 Å². The van der Waals surface area contributed by atoms with Gasteiger partial charge in [-0.1, -0.05) is 30.3 Å². The molecule has 6 nitrogen and oxygen atoms in total. The molecule has 2 aromatic heterocycles. The zero-order valence-electron chi connectivity index (χ0n) is 19.9. The monoisotopic (exact) mass is 453 g/mol. The van der Waals surface area contributed by atoms with Crippen molar-refractivity contribution < 1.29 is 4.79 Å². The summed E-state index contributed by atoms with van der Waals surface area (Å²) in [4.78, 5) is 26.9. The van der Waals surface area contributed by atoms with E-state index in [0.717, 1.165) is 55.1 Å². The quantitative estimate of drug-likeness (QED) is 0.458. The van der Waals surface area contributed by atoms with Gasteiger partial charge in [0.15, 0.2) is 0 Å². The van der Waals surface area contributed by atoms with Crippen molar-refractivity contribution in [2.75, 3.05) is 33.2 Å². The molecular formula is C28H31N5O. The summed E-state index contributed by atoms with van der Waals surface area (Å²) in [6, 6.07) is 18.6. The molecule has 0 N–H and O–H groups in total. The summed E-state index contributed by atoms with van der Waals surface area (Å²) in [6.45, 7) is 5.99. The largest absolute Gasteiger partial charge is 0.337 e. The lowest BCUT2D eigenvalue weighted by molar-refractivity contribution is 0.0745. The molecule has 1 aliphatic heterocycles. The van der Waals surface area contributed by atoms with E-state index in [0.29, 0.717) is 12.5 Å². The zero-order valence-corrected chi connectivity index (χ0v) is 19.9. The van der Waals surface area contributed by atoms with Crippen LogP contribution in [-0.2, 0) is 13.0 Å². The fourth-order valence-corrected chi connectivity index (χ4v) is 4.97. The molecule has 1 aliphatic rings. The molecule has 0 bridgehead atoms. The molecule has 0 spiro atoms.